The average Bonchev–Trinajstić information content (AvgIpc) is 3.42. The van der Waals surface area contributed by atoms with Gasteiger partial charge in [0.15, 0.2) is 0 Å². The summed E-state index contributed by atoms with van der Waals surface area (Å²) in [4.78, 5) is 23.3. The number of rotatable bonds is 7. The Labute approximate surface area is 197 Å². The number of thiazole rings is 1. The number of carbonyl (C=O) groups excluding carboxylic acids is 1. The van der Waals surface area contributed by atoms with Gasteiger partial charge >= 0.3 is 0 Å². The van der Waals surface area contributed by atoms with Crippen molar-refractivity contribution in [3.8, 4) is 0 Å². The molecule has 5 rings (SSSR count). The van der Waals surface area contributed by atoms with Gasteiger partial charge in [-0.2, -0.15) is 0 Å². The van der Waals surface area contributed by atoms with Crippen LogP contribution < -0.4 is 5.32 Å². The molecule has 1 unspecified atom stereocenters. The fourth-order valence-electron chi connectivity index (χ4n) is 4.39. The van der Waals surface area contributed by atoms with E-state index >= 15 is 0 Å². The molecule has 5 aromatic rings. The fraction of sp³-hybridized carbons (Fsp3) is 0.222. The molecule has 6 heteroatoms. The van der Waals surface area contributed by atoms with Crippen LogP contribution in [0.15, 0.2) is 78.9 Å². The van der Waals surface area contributed by atoms with Gasteiger partial charge in [0, 0.05) is 13.0 Å². The van der Waals surface area contributed by atoms with E-state index in [-0.39, 0.29) is 5.91 Å². The lowest BCUT2D eigenvalue weighted by Gasteiger charge is -2.28. The van der Waals surface area contributed by atoms with Crippen molar-refractivity contribution in [1.82, 2.24) is 19.9 Å². The number of nitrogens with zero attached hydrogens (tertiary/aromatic N) is 3. The Balaban J connectivity index is 1.45. The number of aryl methyl sites for hydroxylation is 1. The molecule has 0 saturated heterocycles. The first kappa shape index (κ1) is 21.3. The molecule has 3 aromatic carbocycles. The van der Waals surface area contributed by atoms with Crippen LogP contribution in [0.25, 0.3) is 21.3 Å². The molecule has 5 nitrogen and oxygen atoms in total. The van der Waals surface area contributed by atoms with Gasteiger partial charge in [0.2, 0.25) is 5.91 Å². The largest absolute Gasteiger partial charge is 0.348 e. The normalized spacial score (nSPS) is 13.3. The first-order chi connectivity index (χ1) is 16.1. The van der Waals surface area contributed by atoms with Crippen LogP contribution in [-0.4, -0.2) is 20.4 Å². The number of imidazole rings is 1. The highest BCUT2D eigenvalue weighted by Crippen LogP contribution is 2.32. The number of amides is 1. The van der Waals surface area contributed by atoms with E-state index in [9.17, 15) is 4.79 Å². The molecule has 0 aliphatic carbocycles. The Morgan fingerprint density at radius 3 is 2.39 bits per heavy atom. The maximum atomic E-state index is 13.7. The predicted molar refractivity (Wildman–Crippen MR) is 134 cm³/mol. The summed E-state index contributed by atoms with van der Waals surface area (Å²) in [5, 5.41) is 4.14. The molecule has 0 fully saturated rings. The Hall–Kier alpha value is -3.51. The smallest absolute Gasteiger partial charge is 0.231 e. The van der Waals surface area contributed by atoms with Crippen molar-refractivity contribution in [3.05, 3.63) is 95.3 Å². The van der Waals surface area contributed by atoms with Gasteiger partial charge in [0.05, 0.1) is 38.2 Å². The summed E-state index contributed by atoms with van der Waals surface area (Å²) in [5.74, 6) is 0.838. The van der Waals surface area contributed by atoms with Crippen molar-refractivity contribution in [3.63, 3.8) is 0 Å². The van der Waals surface area contributed by atoms with Gasteiger partial charge in [0.25, 0.3) is 0 Å². The van der Waals surface area contributed by atoms with E-state index in [1.165, 1.54) is 0 Å². The first-order valence-electron chi connectivity index (χ1n) is 11.2. The van der Waals surface area contributed by atoms with Crippen LogP contribution >= 0.6 is 11.3 Å². The third-order valence-corrected chi connectivity index (χ3v) is 7.25. The van der Waals surface area contributed by atoms with E-state index in [1.807, 2.05) is 73.7 Å². The molecule has 0 aliphatic heterocycles. The van der Waals surface area contributed by atoms with Gasteiger partial charge < -0.3 is 9.88 Å². The van der Waals surface area contributed by atoms with Gasteiger partial charge in [-0.25, -0.2) is 9.97 Å². The van der Waals surface area contributed by atoms with Crippen molar-refractivity contribution in [1.29, 1.82) is 0 Å². The molecule has 1 amide bonds. The minimum atomic E-state index is -0.752. The maximum absolute atomic E-state index is 13.7. The Morgan fingerprint density at radius 1 is 0.939 bits per heavy atom. The zero-order valence-electron chi connectivity index (χ0n) is 18.8. The summed E-state index contributed by atoms with van der Waals surface area (Å²) in [6.07, 6.45) is 0.534. The summed E-state index contributed by atoms with van der Waals surface area (Å²) in [6.45, 7) is 5.28. The average molecular weight is 455 g/mol. The second-order valence-electron chi connectivity index (χ2n) is 8.39. The highest BCUT2D eigenvalue weighted by molar-refractivity contribution is 7.18. The zero-order valence-corrected chi connectivity index (χ0v) is 19.6. The number of hydrogen-bond donors (Lipinski definition) is 1. The molecule has 166 valence electrons. The Kier molecular flexibility index (Phi) is 5.68. The molecule has 2 aromatic heterocycles. The SMILES string of the molecule is CCn1c(CNC(=O)C(C)(Cc2nc3ccccc3s2)c2ccccc2)nc2ccccc21. The van der Waals surface area contributed by atoms with Gasteiger partial charge in [-0.15, -0.1) is 11.3 Å². The van der Waals surface area contributed by atoms with E-state index < -0.39 is 5.41 Å². The Morgan fingerprint density at radius 2 is 1.64 bits per heavy atom. The number of nitrogens with one attached hydrogen (secondary N) is 1. The van der Waals surface area contributed by atoms with E-state index in [2.05, 4.69) is 28.9 Å². The lowest BCUT2D eigenvalue weighted by molar-refractivity contribution is -0.126. The van der Waals surface area contributed by atoms with Gasteiger partial charge in [-0.1, -0.05) is 54.6 Å². The summed E-state index contributed by atoms with van der Waals surface area (Å²) in [6, 6.07) is 26.2. The highest BCUT2D eigenvalue weighted by Gasteiger charge is 2.36. The number of aromatic nitrogens is 3. The monoisotopic (exact) mass is 454 g/mol. The molecule has 0 aliphatic rings. The second-order valence-corrected chi connectivity index (χ2v) is 9.51. The molecule has 1 N–H and O–H groups in total. The van der Waals surface area contributed by atoms with Crippen molar-refractivity contribution in [2.75, 3.05) is 0 Å². The van der Waals surface area contributed by atoms with Crippen LogP contribution in [0.5, 0.6) is 0 Å². The quantitative estimate of drug-likeness (QED) is 0.354. The minimum Gasteiger partial charge on any atom is -0.348 e. The zero-order chi connectivity index (χ0) is 22.8. The molecular formula is C27H26N4OS. The summed E-state index contributed by atoms with van der Waals surface area (Å²) in [7, 11) is 0. The lowest BCUT2D eigenvalue weighted by Crippen LogP contribution is -2.44. The van der Waals surface area contributed by atoms with E-state index in [4.69, 9.17) is 9.97 Å². The molecular weight excluding hydrogens is 428 g/mol. The fourth-order valence-corrected chi connectivity index (χ4v) is 5.51. The first-order valence-corrected chi connectivity index (χ1v) is 12.0. The van der Waals surface area contributed by atoms with Crippen LogP contribution in [0.1, 0.15) is 30.2 Å². The molecule has 2 heterocycles. The van der Waals surface area contributed by atoms with Gasteiger partial charge in [0.1, 0.15) is 5.82 Å². The number of fused-ring (bicyclic) bond motifs is 2. The van der Waals surface area contributed by atoms with E-state index in [1.54, 1.807) is 11.3 Å². The summed E-state index contributed by atoms with van der Waals surface area (Å²) in [5.41, 5.74) is 3.24. The van der Waals surface area contributed by atoms with Crippen molar-refractivity contribution < 1.29 is 4.79 Å². The highest BCUT2D eigenvalue weighted by atomic mass is 32.1. The number of hydrogen-bond acceptors (Lipinski definition) is 4. The molecule has 0 radical (unpaired) electrons. The van der Waals surface area contributed by atoms with Crippen LogP contribution in [0.2, 0.25) is 0 Å². The second kappa shape index (κ2) is 8.79. The topological polar surface area (TPSA) is 59.8 Å². The molecule has 33 heavy (non-hydrogen) atoms. The van der Waals surface area contributed by atoms with Gasteiger partial charge in [-0.05, 0) is 43.7 Å². The molecule has 0 bridgehead atoms. The van der Waals surface area contributed by atoms with E-state index in [0.29, 0.717) is 13.0 Å². The van der Waals surface area contributed by atoms with Crippen molar-refractivity contribution in [2.24, 2.45) is 0 Å². The molecule has 1 atom stereocenters. The minimum absolute atomic E-state index is 0.0253. The molecule has 0 spiro atoms. The molecule has 0 saturated carbocycles. The number of benzene rings is 3. The lowest BCUT2D eigenvalue weighted by atomic mass is 9.78. The Bertz CT molecular complexity index is 1390. The van der Waals surface area contributed by atoms with Crippen molar-refractivity contribution in [2.45, 2.75) is 38.8 Å². The van der Waals surface area contributed by atoms with Crippen LogP contribution in [0.3, 0.4) is 0 Å². The maximum Gasteiger partial charge on any atom is 0.231 e. The third-order valence-electron chi connectivity index (χ3n) is 6.21. The predicted octanol–water partition coefficient (Wildman–Crippen LogP) is 5.48. The third kappa shape index (κ3) is 4.02. The van der Waals surface area contributed by atoms with Crippen molar-refractivity contribution >= 4 is 38.5 Å². The van der Waals surface area contributed by atoms with Crippen LogP contribution in [0.4, 0.5) is 0 Å². The summed E-state index contributed by atoms with van der Waals surface area (Å²) < 4.78 is 3.29. The standard InChI is InChI=1S/C27H26N4OS/c1-3-31-22-15-9-7-13-20(22)29-24(31)18-28-26(32)27(2,19-11-5-4-6-12-19)17-25-30-21-14-8-10-16-23(21)33-25/h4-16H,3,17-18H2,1-2H3,(H,28,32). The van der Waals surface area contributed by atoms with E-state index in [0.717, 1.165) is 44.2 Å². The number of carbonyl (C=O) groups is 1. The van der Waals surface area contributed by atoms with Crippen LogP contribution in [0, 0.1) is 0 Å². The van der Waals surface area contributed by atoms with Gasteiger partial charge in [-0.3, -0.25) is 4.79 Å². The summed E-state index contributed by atoms with van der Waals surface area (Å²) >= 11 is 1.65. The number of para-hydroxylation sites is 3. The van der Waals surface area contributed by atoms with Crippen LogP contribution in [-0.2, 0) is 29.7 Å².